The molecular formula is C22H24ClN3O3. The van der Waals surface area contributed by atoms with Gasteiger partial charge in [0.2, 0.25) is 0 Å². The van der Waals surface area contributed by atoms with Gasteiger partial charge in [-0.05, 0) is 35.4 Å². The molecule has 0 bridgehead atoms. The lowest BCUT2D eigenvalue weighted by molar-refractivity contribution is -0.384. The van der Waals surface area contributed by atoms with Crippen LogP contribution in [0.5, 0.6) is 5.75 Å². The van der Waals surface area contributed by atoms with Gasteiger partial charge < -0.3 is 15.4 Å². The highest BCUT2D eigenvalue weighted by atomic mass is 35.5. The molecule has 0 unspecified atom stereocenters. The second kappa shape index (κ2) is 11.7. The van der Waals surface area contributed by atoms with Crippen molar-refractivity contribution < 1.29 is 9.66 Å². The van der Waals surface area contributed by atoms with Gasteiger partial charge in [0.1, 0.15) is 12.4 Å². The van der Waals surface area contributed by atoms with Crippen LogP contribution in [0.2, 0.25) is 0 Å². The molecule has 2 N–H and O–H groups in total. The van der Waals surface area contributed by atoms with E-state index < -0.39 is 4.92 Å². The van der Waals surface area contributed by atoms with E-state index >= 15 is 0 Å². The summed E-state index contributed by atoms with van der Waals surface area (Å²) >= 11 is 0. The molecule has 152 valence electrons. The van der Waals surface area contributed by atoms with E-state index in [2.05, 4.69) is 16.7 Å². The van der Waals surface area contributed by atoms with Crippen molar-refractivity contribution in [1.82, 2.24) is 5.32 Å². The van der Waals surface area contributed by atoms with Gasteiger partial charge in [-0.15, -0.1) is 12.4 Å². The summed E-state index contributed by atoms with van der Waals surface area (Å²) in [5.74, 6) is 0.854. The molecule has 3 aromatic rings. The average molecular weight is 414 g/mol. The molecule has 0 amide bonds. The minimum Gasteiger partial charge on any atom is -0.489 e. The molecule has 0 saturated carbocycles. The number of halogens is 1. The zero-order valence-corrected chi connectivity index (χ0v) is 16.7. The molecule has 7 heteroatoms. The van der Waals surface area contributed by atoms with Crippen molar-refractivity contribution in [1.29, 1.82) is 0 Å². The van der Waals surface area contributed by atoms with Gasteiger partial charge in [-0.1, -0.05) is 42.5 Å². The van der Waals surface area contributed by atoms with Crippen LogP contribution in [0.3, 0.4) is 0 Å². The number of nitrogens with one attached hydrogen (secondary N) is 2. The Bertz CT molecular complexity index is 889. The molecular weight excluding hydrogens is 390 g/mol. The second-order valence-corrected chi connectivity index (χ2v) is 6.33. The molecule has 0 radical (unpaired) electrons. The normalized spacial score (nSPS) is 10.1. The number of anilines is 1. The summed E-state index contributed by atoms with van der Waals surface area (Å²) in [5, 5.41) is 17.3. The van der Waals surface area contributed by atoms with Gasteiger partial charge in [-0.3, -0.25) is 10.1 Å². The largest absolute Gasteiger partial charge is 0.489 e. The van der Waals surface area contributed by atoms with Crippen molar-refractivity contribution in [2.45, 2.75) is 13.2 Å². The van der Waals surface area contributed by atoms with Crippen molar-refractivity contribution in [3.8, 4) is 5.75 Å². The molecule has 0 aliphatic heterocycles. The van der Waals surface area contributed by atoms with Crippen LogP contribution in [0.4, 0.5) is 11.4 Å². The van der Waals surface area contributed by atoms with Crippen molar-refractivity contribution in [3.63, 3.8) is 0 Å². The van der Waals surface area contributed by atoms with Gasteiger partial charge in [-0.2, -0.15) is 0 Å². The van der Waals surface area contributed by atoms with Gasteiger partial charge >= 0.3 is 0 Å². The summed E-state index contributed by atoms with van der Waals surface area (Å²) in [4.78, 5) is 10.2. The van der Waals surface area contributed by atoms with Crippen molar-refractivity contribution in [3.05, 3.63) is 100 Å². The number of non-ortho nitro benzene ring substituents is 1. The Hall–Kier alpha value is -3.09. The maximum absolute atomic E-state index is 10.6. The molecule has 3 aromatic carbocycles. The van der Waals surface area contributed by atoms with Gasteiger partial charge in [0, 0.05) is 37.5 Å². The number of hydrogen-bond acceptors (Lipinski definition) is 5. The minimum atomic E-state index is -0.400. The fourth-order valence-electron chi connectivity index (χ4n) is 2.72. The van der Waals surface area contributed by atoms with Crippen molar-refractivity contribution in [2.24, 2.45) is 0 Å². The molecule has 6 nitrogen and oxygen atoms in total. The molecule has 0 fully saturated rings. The number of hydrogen-bond donors (Lipinski definition) is 2. The van der Waals surface area contributed by atoms with Crippen LogP contribution in [0.1, 0.15) is 11.1 Å². The van der Waals surface area contributed by atoms with Crippen LogP contribution >= 0.6 is 12.4 Å². The topological polar surface area (TPSA) is 76.4 Å². The van der Waals surface area contributed by atoms with Crippen LogP contribution in [0.25, 0.3) is 0 Å². The summed E-state index contributed by atoms with van der Waals surface area (Å²) in [7, 11) is 0. The molecule has 3 rings (SSSR count). The number of nitro benzene ring substituents is 1. The smallest absolute Gasteiger partial charge is 0.269 e. The summed E-state index contributed by atoms with van der Waals surface area (Å²) < 4.78 is 5.86. The summed E-state index contributed by atoms with van der Waals surface area (Å²) in [6, 6.07) is 24.6. The van der Waals surface area contributed by atoms with Crippen LogP contribution in [0, 0.1) is 10.1 Å². The summed E-state index contributed by atoms with van der Waals surface area (Å²) in [6.07, 6.45) is 0. The summed E-state index contributed by atoms with van der Waals surface area (Å²) in [6.45, 7) is 2.79. The van der Waals surface area contributed by atoms with Gasteiger partial charge in [0.25, 0.3) is 5.69 Å². The Morgan fingerprint density at radius 2 is 1.59 bits per heavy atom. The molecule has 0 spiro atoms. The Morgan fingerprint density at radius 3 is 2.31 bits per heavy atom. The fourth-order valence-corrected chi connectivity index (χ4v) is 2.72. The maximum Gasteiger partial charge on any atom is 0.269 e. The average Bonchev–Trinajstić information content (AvgIpc) is 2.73. The van der Waals surface area contributed by atoms with Gasteiger partial charge in [0.05, 0.1) is 4.92 Å². The first-order valence-electron chi connectivity index (χ1n) is 9.15. The number of rotatable bonds is 10. The number of ether oxygens (including phenoxy) is 1. The predicted octanol–water partition coefficient (Wildman–Crippen LogP) is 4.80. The van der Waals surface area contributed by atoms with Crippen molar-refractivity contribution >= 4 is 23.8 Å². The lowest BCUT2D eigenvalue weighted by Crippen LogP contribution is -2.21. The highest BCUT2D eigenvalue weighted by molar-refractivity contribution is 5.85. The fraction of sp³-hybridized carbons (Fsp3) is 0.182. The Morgan fingerprint density at radius 1 is 0.862 bits per heavy atom. The molecule has 0 heterocycles. The molecule has 0 aliphatic rings. The van der Waals surface area contributed by atoms with Crippen LogP contribution < -0.4 is 15.4 Å². The van der Waals surface area contributed by atoms with Crippen LogP contribution in [-0.4, -0.2) is 18.0 Å². The highest BCUT2D eigenvalue weighted by Crippen LogP contribution is 2.16. The van der Waals surface area contributed by atoms with E-state index in [1.54, 1.807) is 12.1 Å². The zero-order valence-electron chi connectivity index (χ0n) is 15.9. The first kappa shape index (κ1) is 22.2. The first-order valence-corrected chi connectivity index (χ1v) is 9.15. The predicted molar refractivity (Wildman–Crippen MR) is 118 cm³/mol. The molecule has 0 aromatic heterocycles. The SMILES string of the molecule is Cl.O=[N+]([O-])c1ccc(NCCNCc2cccc(OCc3ccccc3)c2)cc1. The number of nitrogens with zero attached hydrogens (tertiary/aromatic N) is 1. The highest BCUT2D eigenvalue weighted by Gasteiger charge is 2.03. The quantitative estimate of drug-likeness (QED) is 0.283. The Labute approximate surface area is 176 Å². The third kappa shape index (κ3) is 7.44. The molecule has 0 atom stereocenters. The zero-order chi connectivity index (χ0) is 19.6. The van der Waals surface area contributed by atoms with E-state index in [9.17, 15) is 10.1 Å². The van der Waals surface area contributed by atoms with E-state index in [1.807, 2.05) is 48.5 Å². The first-order chi connectivity index (χ1) is 13.7. The lowest BCUT2D eigenvalue weighted by Gasteiger charge is -2.10. The second-order valence-electron chi connectivity index (χ2n) is 6.33. The Kier molecular flexibility index (Phi) is 8.95. The molecule has 0 aliphatic carbocycles. The number of nitro groups is 1. The molecule has 0 saturated heterocycles. The minimum absolute atomic E-state index is 0. The monoisotopic (exact) mass is 413 g/mol. The van der Waals surface area contributed by atoms with Gasteiger partial charge in [0.15, 0.2) is 0 Å². The van der Waals surface area contributed by atoms with E-state index in [1.165, 1.54) is 12.1 Å². The lowest BCUT2D eigenvalue weighted by atomic mass is 10.2. The van der Waals surface area contributed by atoms with Crippen LogP contribution in [0.15, 0.2) is 78.9 Å². The summed E-state index contributed by atoms with van der Waals surface area (Å²) in [5.41, 5.74) is 3.26. The van der Waals surface area contributed by atoms with Crippen molar-refractivity contribution in [2.75, 3.05) is 18.4 Å². The maximum atomic E-state index is 10.6. The van der Waals surface area contributed by atoms with E-state index in [0.717, 1.165) is 42.2 Å². The standard InChI is InChI=1S/C22H23N3O3.ClH/c26-25(27)21-11-9-20(10-12-21)24-14-13-23-16-19-7-4-8-22(15-19)28-17-18-5-2-1-3-6-18;/h1-12,15,23-24H,13-14,16-17H2;1H. The van der Waals surface area contributed by atoms with Crippen LogP contribution in [-0.2, 0) is 13.2 Å². The number of benzene rings is 3. The van der Waals surface area contributed by atoms with E-state index in [0.29, 0.717) is 6.61 Å². The third-order valence-corrected chi connectivity index (χ3v) is 4.18. The van der Waals surface area contributed by atoms with Gasteiger partial charge in [-0.25, -0.2) is 0 Å². The Balaban J connectivity index is 0.00000300. The third-order valence-electron chi connectivity index (χ3n) is 4.18. The van der Waals surface area contributed by atoms with E-state index in [4.69, 9.17) is 4.74 Å². The molecule has 29 heavy (non-hydrogen) atoms. The van der Waals surface area contributed by atoms with E-state index in [-0.39, 0.29) is 18.1 Å².